The molecular weight excluding hydrogens is 388 g/mol. The highest BCUT2D eigenvalue weighted by Gasteiger charge is 2.28. The average molecular weight is 421 g/mol. The molecule has 0 radical (unpaired) electrons. The second-order valence-corrected chi connectivity index (χ2v) is 8.28. The summed E-state index contributed by atoms with van der Waals surface area (Å²) in [6.45, 7) is 4.12. The third kappa shape index (κ3) is 4.26. The van der Waals surface area contributed by atoms with Crippen molar-refractivity contribution in [2.24, 2.45) is 5.73 Å². The lowest BCUT2D eigenvalue weighted by atomic mass is 9.90. The van der Waals surface area contributed by atoms with Crippen molar-refractivity contribution in [2.45, 2.75) is 38.4 Å². The summed E-state index contributed by atoms with van der Waals surface area (Å²) in [7, 11) is 3.39. The normalized spacial score (nSPS) is 17.4. The Morgan fingerprint density at radius 2 is 1.74 bits per heavy atom. The molecule has 1 heterocycles. The minimum Gasteiger partial charge on any atom is -0.493 e. The number of benzene rings is 3. The van der Waals surface area contributed by atoms with Gasteiger partial charge in [0, 0.05) is 19.1 Å². The highest BCUT2D eigenvalue weighted by atomic mass is 16.5. The molecule has 0 bridgehead atoms. The molecule has 4 rings (SSSR count). The Morgan fingerprint density at radius 1 is 1.03 bits per heavy atom. The summed E-state index contributed by atoms with van der Waals surface area (Å²) in [6, 6.07) is 17.1. The fourth-order valence-electron chi connectivity index (χ4n) is 4.73. The van der Waals surface area contributed by atoms with E-state index in [0.29, 0.717) is 6.04 Å². The standard InChI is InChI=1S/C26H32N2O3/c1-4-24-22-14-26(31-3)25(30-2)13-20(22)9-10-28(24)15-17-5-6-19-12-21(23(27)16-29)8-7-18(19)11-17/h5-8,11-14,23-24,29H,4,9-10,15-16,27H2,1-3H3. The van der Waals surface area contributed by atoms with Crippen molar-refractivity contribution in [3.8, 4) is 11.5 Å². The number of aliphatic hydroxyl groups is 1. The topological polar surface area (TPSA) is 68.0 Å². The zero-order valence-corrected chi connectivity index (χ0v) is 18.6. The first kappa shape index (κ1) is 21.6. The zero-order valence-electron chi connectivity index (χ0n) is 18.6. The van der Waals surface area contributed by atoms with Crippen LogP contribution in [0, 0.1) is 0 Å². The molecule has 5 nitrogen and oxygen atoms in total. The quantitative estimate of drug-likeness (QED) is 0.594. The van der Waals surface area contributed by atoms with Gasteiger partial charge in [0.15, 0.2) is 11.5 Å². The van der Waals surface area contributed by atoms with Gasteiger partial charge in [-0.2, -0.15) is 0 Å². The first-order chi connectivity index (χ1) is 15.1. The van der Waals surface area contributed by atoms with Crippen LogP contribution in [0.1, 0.15) is 47.7 Å². The van der Waals surface area contributed by atoms with Crippen LogP contribution >= 0.6 is 0 Å². The van der Waals surface area contributed by atoms with Gasteiger partial charge in [-0.1, -0.05) is 31.2 Å². The number of fused-ring (bicyclic) bond motifs is 2. The van der Waals surface area contributed by atoms with E-state index in [1.165, 1.54) is 22.1 Å². The molecule has 3 aromatic rings. The van der Waals surface area contributed by atoms with Crippen LogP contribution in [0.25, 0.3) is 10.8 Å². The second-order valence-electron chi connectivity index (χ2n) is 8.28. The summed E-state index contributed by atoms with van der Waals surface area (Å²) in [6.07, 6.45) is 2.04. The Bertz CT molecular complexity index is 1070. The van der Waals surface area contributed by atoms with Gasteiger partial charge in [0.2, 0.25) is 0 Å². The van der Waals surface area contributed by atoms with Gasteiger partial charge < -0.3 is 20.3 Å². The van der Waals surface area contributed by atoms with E-state index in [0.717, 1.165) is 48.4 Å². The molecule has 0 fully saturated rings. The Morgan fingerprint density at radius 3 is 2.45 bits per heavy atom. The van der Waals surface area contributed by atoms with Gasteiger partial charge in [0.05, 0.1) is 26.9 Å². The van der Waals surface area contributed by atoms with Crippen molar-refractivity contribution in [1.82, 2.24) is 4.90 Å². The van der Waals surface area contributed by atoms with E-state index in [2.05, 4.69) is 54.3 Å². The van der Waals surface area contributed by atoms with Gasteiger partial charge >= 0.3 is 0 Å². The minimum atomic E-state index is -0.335. The number of ether oxygens (including phenoxy) is 2. The molecule has 1 aliphatic rings. The van der Waals surface area contributed by atoms with E-state index in [4.69, 9.17) is 15.2 Å². The number of hydrogen-bond acceptors (Lipinski definition) is 5. The van der Waals surface area contributed by atoms with Gasteiger partial charge in [-0.05, 0) is 70.1 Å². The van der Waals surface area contributed by atoms with Crippen molar-refractivity contribution in [3.63, 3.8) is 0 Å². The minimum absolute atomic E-state index is 0.0465. The van der Waals surface area contributed by atoms with Crippen LogP contribution in [0.4, 0.5) is 0 Å². The summed E-state index contributed by atoms with van der Waals surface area (Å²) in [5, 5.41) is 11.7. The Labute approximate surface area is 184 Å². The number of rotatable bonds is 7. The van der Waals surface area contributed by atoms with Gasteiger partial charge in [-0.3, -0.25) is 4.90 Å². The Kier molecular flexibility index (Phi) is 6.46. The monoisotopic (exact) mass is 420 g/mol. The van der Waals surface area contributed by atoms with Crippen LogP contribution in [0.3, 0.4) is 0 Å². The third-order valence-electron chi connectivity index (χ3n) is 6.44. The molecule has 164 valence electrons. The van der Waals surface area contributed by atoms with E-state index < -0.39 is 0 Å². The molecule has 1 aliphatic heterocycles. The summed E-state index contributed by atoms with van der Waals surface area (Å²) in [5.74, 6) is 1.60. The van der Waals surface area contributed by atoms with Gasteiger partial charge in [-0.25, -0.2) is 0 Å². The van der Waals surface area contributed by atoms with Crippen molar-refractivity contribution >= 4 is 10.8 Å². The fraction of sp³-hybridized carbons (Fsp3) is 0.385. The highest BCUT2D eigenvalue weighted by molar-refractivity contribution is 5.84. The molecule has 31 heavy (non-hydrogen) atoms. The number of nitrogens with two attached hydrogens (primary N) is 1. The SMILES string of the molecule is CCC1c2cc(OC)c(OC)cc2CCN1Cc1ccc2cc(C(N)CO)ccc2c1. The maximum Gasteiger partial charge on any atom is 0.161 e. The molecule has 3 aromatic carbocycles. The van der Waals surface area contributed by atoms with Crippen LogP contribution in [-0.2, 0) is 13.0 Å². The van der Waals surface area contributed by atoms with E-state index >= 15 is 0 Å². The van der Waals surface area contributed by atoms with E-state index in [1.54, 1.807) is 14.2 Å². The van der Waals surface area contributed by atoms with Crippen LogP contribution in [0.2, 0.25) is 0 Å². The predicted molar refractivity (Wildman–Crippen MR) is 125 cm³/mol. The summed E-state index contributed by atoms with van der Waals surface area (Å²) < 4.78 is 11.1. The molecule has 0 amide bonds. The molecule has 0 aromatic heterocycles. The lowest BCUT2D eigenvalue weighted by Crippen LogP contribution is -2.34. The molecular formula is C26H32N2O3. The number of methoxy groups -OCH3 is 2. The lowest BCUT2D eigenvalue weighted by molar-refractivity contribution is 0.170. The summed E-state index contributed by atoms with van der Waals surface area (Å²) in [4.78, 5) is 2.56. The van der Waals surface area contributed by atoms with Gasteiger partial charge in [0.1, 0.15) is 0 Å². The first-order valence-electron chi connectivity index (χ1n) is 11.0. The number of nitrogens with zero attached hydrogens (tertiary/aromatic N) is 1. The maximum absolute atomic E-state index is 9.32. The zero-order chi connectivity index (χ0) is 22.0. The average Bonchev–Trinajstić information content (AvgIpc) is 2.82. The second kappa shape index (κ2) is 9.27. The van der Waals surface area contributed by atoms with Crippen LogP contribution < -0.4 is 15.2 Å². The highest BCUT2D eigenvalue weighted by Crippen LogP contribution is 2.40. The van der Waals surface area contributed by atoms with Crippen LogP contribution in [-0.4, -0.2) is 37.4 Å². The molecule has 0 saturated heterocycles. The Balaban J connectivity index is 1.60. The molecule has 5 heteroatoms. The van der Waals surface area contributed by atoms with Crippen LogP contribution in [0.15, 0.2) is 48.5 Å². The lowest BCUT2D eigenvalue weighted by Gasteiger charge is -2.37. The predicted octanol–water partition coefficient (Wildman–Crippen LogP) is 4.36. The van der Waals surface area contributed by atoms with E-state index in [9.17, 15) is 5.11 Å². The van der Waals surface area contributed by atoms with Gasteiger partial charge in [-0.15, -0.1) is 0 Å². The van der Waals surface area contributed by atoms with Crippen molar-refractivity contribution in [3.05, 3.63) is 70.8 Å². The summed E-state index contributed by atoms with van der Waals surface area (Å²) in [5.41, 5.74) is 10.9. The maximum atomic E-state index is 9.32. The summed E-state index contributed by atoms with van der Waals surface area (Å²) >= 11 is 0. The molecule has 0 aliphatic carbocycles. The van der Waals surface area contributed by atoms with Gasteiger partial charge in [0.25, 0.3) is 0 Å². The van der Waals surface area contributed by atoms with E-state index in [1.807, 2.05) is 6.07 Å². The molecule has 2 unspecified atom stereocenters. The van der Waals surface area contributed by atoms with E-state index in [-0.39, 0.29) is 12.6 Å². The van der Waals surface area contributed by atoms with Crippen molar-refractivity contribution < 1.29 is 14.6 Å². The molecule has 3 N–H and O–H groups in total. The molecule has 0 saturated carbocycles. The molecule has 2 atom stereocenters. The number of hydrogen-bond donors (Lipinski definition) is 2. The third-order valence-corrected chi connectivity index (χ3v) is 6.44. The molecule has 0 spiro atoms. The van der Waals surface area contributed by atoms with Crippen LogP contribution in [0.5, 0.6) is 11.5 Å². The Hall–Kier alpha value is -2.60. The smallest absolute Gasteiger partial charge is 0.161 e. The fourth-order valence-corrected chi connectivity index (χ4v) is 4.73. The van der Waals surface area contributed by atoms with Crippen molar-refractivity contribution in [1.29, 1.82) is 0 Å². The first-order valence-corrected chi connectivity index (χ1v) is 11.0. The largest absolute Gasteiger partial charge is 0.493 e. The van der Waals surface area contributed by atoms with Crippen molar-refractivity contribution in [2.75, 3.05) is 27.4 Å². The number of aliphatic hydroxyl groups excluding tert-OH is 1.